The highest BCUT2D eigenvalue weighted by Gasteiger charge is 2.22. The number of benzene rings is 2. The molecule has 2 N–H and O–H groups in total. The molecule has 3 amide bonds. The van der Waals surface area contributed by atoms with Gasteiger partial charge in [0.2, 0.25) is 0 Å². The van der Waals surface area contributed by atoms with E-state index in [1.54, 1.807) is 24.3 Å². The normalized spacial score (nSPS) is 10.2. The van der Waals surface area contributed by atoms with E-state index in [0.29, 0.717) is 17.0 Å². The number of halogens is 1. The van der Waals surface area contributed by atoms with Crippen LogP contribution in [-0.2, 0) is 4.79 Å². The van der Waals surface area contributed by atoms with Crippen molar-refractivity contribution in [3.63, 3.8) is 0 Å². The lowest BCUT2D eigenvalue weighted by atomic mass is 10.0. The summed E-state index contributed by atoms with van der Waals surface area (Å²) >= 11 is 6.21. The first-order valence-corrected chi connectivity index (χ1v) is 8.48. The predicted molar refractivity (Wildman–Crippen MR) is 99.3 cm³/mol. The Morgan fingerprint density at radius 1 is 1.12 bits per heavy atom. The van der Waals surface area contributed by atoms with Crippen molar-refractivity contribution < 1.29 is 19.5 Å². The maximum Gasteiger partial charge on any atom is 0.324 e. The molecule has 2 rings (SSSR count). The molecule has 0 aliphatic rings. The molecule has 0 atom stereocenters. The van der Waals surface area contributed by atoms with Gasteiger partial charge in [-0.2, -0.15) is 0 Å². The molecule has 7 heteroatoms. The smallest absolute Gasteiger partial charge is 0.324 e. The van der Waals surface area contributed by atoms with E-state index < -0.39 is 24.5 Å². The number of aliphatic carboxylic acids is 1. The molecule has 0 saturated carbocycles. The van der Waals surface area contributed by atoms with Crippen LogP contribution >= 0.6 is 11.6 Å². The maximum absolute atomic E-state index is 12.8. The Hall–Kier alpha value is -2.86. The zero-order valence-electron chi connectivity index (χ0n) is 14.2. The fourth-order valence-electron chi connectivity index (χ4n) is 2.44. The largest absolute Gasteiger partial charge is 0.480 e. The number of urea groups is 1. The quantitative estimate of drug-likeness (QED) is 0.807. The van der Waals surface area contributed by atoms with Gasteiger partial charge in [-0.25, -0.2) is 4.79 Å². The van der Waals surface area contributed by atoms with Crippen LogP contribution in [0.2, 0.25) is 5.02 Å². The van der Waals surface area contributed by atoms with Crippen molar-refractivity contribution in [3.8, 4) is 11.1 Å². The minimum atomic E-state index is -1.18. The second kappa shape index (κ2) is 9.01. The molecule has 6 nitrogen and oxygen atoms in total. The molecule has 0 saturated heterocycles. The second-order valence-electron chi connectivity index (χ2n) is 5.57. The van der Waals surface area contributed by atoms with Crippen LogP contribution in [0.25, 0.3) is 11.1 Å². The molecule has 0 fully saturated rings. The van der Waals surface area contributed by atoms with Gasteiger partial charge in [0.25, 0.3) is 5.91 Å². The van der Waals surface area contributed by atoms with Gasteiger partial charge in [0.05, 0.1) is 0 Å². The van der Waals surface area contributed by atoms with Gasteiger partial charge in [0.1, 0.15) is 6.54 Å². The molecule has 2 aromatic carbocycles. The molecule has 0 heterocycles. The molecule has 136 valence electrons. The lowest BCUT2D eigenvalue weighted by molar-refractivity contribution is -0.135. The molecule has 0 unspecified atom stereocenters. The number of carbonyl (C=O) groups is 3. The van der Waals surface area contributed by atoms with Gasteiger partial charge < -0.3 is 10.4 Å². The molecule has 0 spiro atoms. The third-order valence-corrected chi connectivity index (χ3v) is 3.95. The topological polar surface area (TPSA) is 86.7 Å². The molecule has 0 aliphatic heterocycles. The van der Waals surface area contributed by atoms with E-state index in [4.69, 9.17) is 16.7 Å². The molecule has 0 radical (unpaired) electrons. The Labute approximate surface area is 156 Å². The summed E-state index contributed by atoms with van der Waals surface area (Å²) in [5.74, 6) is -1.67. The summed E-state index contributed by atoms with van der Waals surface area (Å²) in [4.78, 5) is 36.6. The van der Waals surface area contributed by atoms with Crippen molar-refractivity contribution in [3.05, 3.63) is 59.1 Å². The lowest BCUT2D eigenvalue weighted by Gasteiger charge is -2.20. The van der Waals surface area contributed by atoms with Crippen molar-refractivity contribution >= 4 is 29.5 Å². The number of carboxylic acids is 1. The SMILES string of the molecule is CCCN(C(=O)NCC(=O)O)C(=O)c1cccc(-c2ccccc2Cl)c1. The monoisotopic (exact) mass is 374 g/mol. The van der Waals surface area contributed by atoms with E-state index in [9.17, 15) is 14.4 Å². The summed E-state index contributed by atoms with van der Waals surface area (Å²) in [7, 11) is 0. The van der Waals surface area contributed by atoms with Crippen molar-refractivity contribution in [2.45, 2.75) is 13.3 Å². The summed E-state index contributed by atoms with van der Waals surface area (Å²) in [5.41, 5.74) is 1.85. The number of nitrogens with one attached hydrogen (secondary N) is 1. The van der Waals surface area contributed by atoms with Gasteiger partial charge in [-0.1, -0.05) is 48.9 Å². The molecule has 0 aromatic heterocycles. The van der Waals surface area contributed by atoms with Crippen molar-refractivity contribution in [2.24, 2.45) is 0 Å². The van der Waals surface area contributed by atoms with E-state index in [0.717, 1.165) is 16.0 Å². The van der Waals surface area contributed by atoms with Crippen LogP contribution in [0.4, 0.5) is 4.79 Å². The van der Waals surface area contributed by atoms with Crippen LogP contribution in [0, 0.1) is 0 Å². The fourth-order valence-corrected chi connectivity index (χ4v) is 2.68. The Morgan fingerprint density at radius 2 is 1.85 bits per heavy atom. The number of hydrogen-bond donors (Lipinski definition) is 2. The number of nitrogens with zero attached hydrogens (tertiary/aromatic N) is 1. The summed E-state index contributed by atoms with van der Waals surface area (Å²) in [5, 5.41) is 11.5. The van der Waals surface area contributed by atoms with Crippen LogP contribution in [0.15, 0.2) is 48.5 Å². The van der Waals surface area contributed by atoms with E-state index in [-0.39, 0.29) is 6.54 Å². The van der Waals surface area contributed by atoms with Crippen molar-refractivity contribution in [1.29, 1.82) is 0 Å². The predicted octanol–water partition coefficient (Wildman–Crippen LogP) is 3.65. The summed E-state index contributed by atoms with van der Waals surface area (Å²) in [6, 6.07) is 13.3. The van der Waals surface area contributed by atoms with Gasteiger partial charge in [0, 0.05) is 22.7 Å². The summed E-state index contributed by atoms with van der Waals surface area (Å²) in [6.07, 6.45) is 0.552. The number of amides is 3. The van der Waals surface area contributed by atoms with E-state index in [1.165, 1.54) is 0 Å². The molecule has 0 bridgehead atoms. The number of rotatable bonds is 6. The highest BCUT2D eigenvalue weighted by molar-refractivity contribution is 6.33. The van der Waals surface area contributed by atoms with E-state index >= 15 is 0 Å². The minimum Gasteiger partial charge on any atom is -0.480 e. The summed E-state index contributed by atoms with van der Waals surface area (Å²) < 4.78 is 0. The zero-order valence-corrected chi connectivity index (χ0v) is 15.0. The lowest BCUT2D eigenvalue weighted by Crippen LogP contribution is -2.45. The first-order valence-electron chi connectivity index (χ1n) is 8.10. The van der Waals surface area contributed by atoms with Gasteiger partial charge in [-0.3, -0.25) is 14.5 Å². The van der Waals surface area contributed by atoms with Crippen LogP contribution in [0.5, 0.6) is 0 Å². The van der Waals surface area contributed by atoms with Crippen LogP contribution < -0.4 is 5.32 Å². The number of hydrogen-bond acceptors (Lipinski definition) is 3. The van der Waals surface area contributed by atoms with E-state index in [2.05, 4.69) is 5.32 Å². The van der Waals surface area contributed by atoms with Crippen LogP contribution in [0.1, 0.15) is 23.7 Å². The second-order valence-corrected chi connectivity index (χ2v) is 5.98. The third-order valence-electron chi connectivity index (χ3n) is 3.62. The first-order chi connectivity index (χ1) is 12.4. The molecule has 0 aliphatic carbocycles. The van der Waals surface area contributed by atoms with Gasteiger partial charge in [0.15, 0.2) is 0 Å². The Bertz CT molecular complexity index is 823. The average molecular weight is 375 g/mol. The summed E-state index contributed by atoms with van der Waals surface area (Å²) in [6.45, 7) is 1.46. The third kappa shape index (κ3) is 4.83. The first kappa shape index (κ1) is 19.5. The zero-order chi connectivity index (χ0) is 19.1. The number of carbonyl (C=O) groups excluding carboxylic acids is 2. The maximum atomic E-state index is 12.8. The molecular weight excluding hydrogens is 356 g/mol. The Balaban J connectivity index is 2.29. The van der Waals surface area contributed by atoms with Crippen LogP contribution in [-0.4, -0.2) is 41.0 Å². The Kier molecular flexibility index (Phi) is 6.74. The van der Waals surface area contributed by atoms with Gasteiger partial charge in [-0.15, -0.1) is 0 Å². The molecular formula is C19H19ClN2O4. The van der Waals surface area contributed by atoms with Crippen LogP contribution in [0.3, 0.4) is 0 Å². The highest BCUT2D eigenvalue weighted by atomic mass is 35.5. The Morgan fingerprint density at radius 3 is 2.50 bits per heavy atom. The minimum absolute atomic E-state index is 0.181. The average Bonchev–Trinajstić information content (AvgIpc) is 2.64. The van der Waals surface area contributed by atoms with E-state index in [1.807, 2.05) is 31.2 Å². The number of imide groups is 1. The fraction of sp³-hybridized carbons (Fsp3) is 0.211. The van der Waals surface area contributed by atoms with Gasteiger partial charge >= 0.3 is 12.0 Å². The van der Waals surface area contributed by atoms with Crippen molar-refractivity contribution in [2.75, 3.05) is 13.1 Å². The number of carboxylic acid groups (broad SMARTS) is 1. The van der Waals surface area contributed by atoms with Crippen molar-refractivity contribution in [1.82, 2.24) is 10.2 Å². The molecule has 26 heavy (non-hydrogen) atoms. The standard InChI is InChI=1S/C19H19ClN2O4/c1-2-10-22(19(26)21-12-17(23)24)18(25)14-7-5-6-13(11-14)15-8-3-4-9-16(15)20/h3-9,11H,2,10,12H2,1H3,(H,21,26)(H,23,24). The van der Waals surface area contributed by atoms with Gasteiger partial charge in [-0.05, 0) is 30.2 Å². The highest BCUT2D eigenvalue weighted by Crippen LogP contribution is 2.28. The molecule has 2 aromatic rings.